The molecule has 3 rings (SSSR count). The van der Waals surface area contributed by atoms with E-state index in [4.69, 9.17) is 21.1 Å². The largest absolute Gasteiger partial charge is 0.474 e. The smallest absolute Gasteiger partial charge is 0.237 e. The molecule has 0 aliphatic carbocycles. The molecule has 0 fully saturated rings. The summed E-state index contributed by atoms with van der Waals surface area (Å²) in [6.45, 7) is 4.63. The van der Waals surface area contributed by atoms with Gasteiger partial charge in [0, 0.05) is 29.6 Å². The number of carbonyl (C=O) groups excluding carboxylic acids is 1. The van der Waals surface area contributed by atoms with Crippen molar-refractivity contribution in [3.05, 3.63) is 64.6 Å². The summed E-state index contributed by atoms with van der Waals surface area (Å²) in [5.41, 5.74) is 4.00. The van der Waals surface area contributed by atoms with Crippen LogP contribution in [-0.2, 0) is 16.0 Å². The maximum Gasteiger partial charge on any atom is 0.237 e. The first-order valence-electron chi connectivity index (χ1n) is 9.17. The number of anilines is 1. The third kappa shape index (κ3) is 5.13. The van der Waals surface area contributed by atoms with Crippen LogP contribution in [0.5, 0.6) is 5.88 Å². The monoisotopic (exact) mass is 414 g/mol. The molecule has 0 spiro atoms. The minimum atomic E-state index is -0.170. The molecule has 0 saturated carbocycles. The van der Waals surface area contributed by atoms with Gasteiger partial charge in [0.05, 0.1) is 24.4 Å². The molecule has 152 valence electrons. The van der Waals surface area contributed by atoms with Crippen LogP contribution in [0.2, 0.25) is 5.02 Å². The van der Waals surface area contributed by atoms with Crippen LogP contribution in [-0.4, -0.2) is 41.0 Å². The zero-order valence-electron chi connectivity index (χ0n) is 16.6. The maximum atomic E-state index is 12.7. The molecule has 1 N–H and O–H groups in total. The van der Waals surface area contributed by atoms with Gasteiger partial charge in [0.25, 0.3) is 0 Å². The molecule has 0 saturated heterocycles. The van der Waals surface area contributed by atoms with E-state index >= 15 is 0 Å². The van der Waals surface area contributed by atoms with Crippen molar-refractivity contribution in [1.82, 2.24) is 14.8 Å². The van der Waals surface area contributed by atoms with Crippen molar-refractivity contribution in [3.8, 4) is 11.6 Å². The second-order valence-electron chi connectivity index (χ2n) is 6.46. The number of hydrogen-bond acceptors (Lipinski definition) is 5. The van der Waals surface area contributed by atoms with Crippen LogP contribution in [0.3, 0.4) is 0 Å². The Bertz CT molecular complexity index is 986. The van der Waals surface area contributed by atoms with Gasteiger partial charge in [0.2, 0.25) is 11.8 Å². The molecule has 8 heteroatoms. The molecule has 2 aromatic heterocycles. The molecule has 0 radical (unpaired) electrons. The molecule has 7 nitrogen and oxygen atoms in total. The third-order valence-electron chi connectivity index (χ3n) is 4.42. The average Bonchev–Trinajstić information content (AvgIpc) is 2.98. The molecule has 0 unspecified atom stereocenters. The van der Waals surface area contributed by atoms with E-state index < -0.39 is 0 Å². The second kappa shape index (κ2) is 9.54. The lowest BCUT2D eigenvalue weighted by Gasteiger charge is -2.11. The highest BCUT2D eigenvalue weighted by molar-refractivity contribution is 6.30. The molecule has 0 aliphatic rings. The predicted octanol–water partition coefficient (Wildman–Crippen LogP) is 3.74. The highest BCUT2D eigenvalue weighted by atomic mass is 35.5. The van der Waals surface area contributed by atoms with Crippen LogP contribution in [0.15, 0.2) is 42.6 Å². The van der Waals surface area contributed by atoms with E-state index in [1.54, 1.807) is 25.4 Å². The van der Waals surface area contributed by atoms with E-state index in [0.717, 1.165) is 22.6 Å². The summed E-state index contributed by atoms with van der Waals surface area (Å²) in [4.78, 5) is 16.9. The Balaban J connectivity index is 1.74. The first kappa shape index (κ1) is 20.8. The third-order valence-corrected chi connectivity index (χ3v) is 4.67. The molecule has 1 aromatic carbocycles. The zero-order chi connectivity index (χ0) is 20.8. The number of carbonyl (C=O) groups is 1. The fourth-order valence-corrected chi connectivity index (χ4v) is 3.07. The lowest BCUT2D eigenvalue weighted by molar-refractivity contribution is -0.115. The van der Waals surface area contributed by atoms with Gasteiger partial charge < -0.3 is 14.8 Å². The number of pyridine rings is 1. The summed E-state index contributed by atoms with van der Waals surface area (Å²) in [6.07, 6.45) is 1.81. The van der Waals surface area contributed by atoms with Crippen molar-refractivity contribution in [3.63, 3.8) is 0 Å². The molecular formula is C21H23ClN4O3. The van der Waals surface area contributed by atoms with Gasteiger partial charge in [-0.1, -0.05) is 11.6 Å². The fraction of sp³-hybridized carbons (Fsp3) is 0.286. The Morgan fingerprint density at radius 3 is 2.66 bits per heavy atom. The van der Waals surface area contributed by atoms with Gasteiger partial charge in [0.15, 0.2) is 0 Å². The Morgan fingerprint density at radius 1 is 1.17 bits per heavy atom. The van der Waals surface area contributed by atoms with Crippen LogP contribution in [0, 0.1) is 13.8 Å². The first-order valence-corrected chi connectivity index (χ1v) is 9.55. The second-order valence-corrected chi connectivity index (χ2v) is 6.90. The number of methoxy groups -OCH3 is 1. The van der Waals surface area contributed by atoms with Crippen molar-refractivity contribution in [2.24, 2.45) is 0 Å². The number of benzene rings is 1. The molecule has 0 atom stereocenters. The van der Waals surface area contributed by atoms with Crippen molar-refractivity contribution < 1.29 is 14.3 Å². The van der Waals surface area contributed by atoms with E-state index in [-0.39, 0.29) is 12.3 Å². The fourth-order valence-electron chi connectivity index (χ4n) is 2.94. The van der Waals surface area contributed by atoms with Gasteiger partial charge in [-0.15, -0.1) is 0 Å². The summed E-state index contributed by atoms with van der Waals surface area (Å²) in [5, 5.41) is 8.12. The van der Waals surface area contributed by atoms with Crippen LogP contribution >= 0.6 is 11.6 Å². The lowest BCUT2D eigenvalue weighted by Crippen LogP contribution is -2.17. The molecule has 1 amide bonds. The number of rotatable bonds is 8. The minimum absolute atomic E-state index is 0.170. The van der Waals surface area contributed by atoms with Crippen LogP contribution in [0.25, 0.3) is 5.69 Å². The number of aromatic nitrogens is 3. The molecular weight excluding hydrogens is 392 g/mol. The number of nitrogens with one attached hydrogen (secondary N) is 1. The van der Waals surface area contributed by atoms with E-state index in [1.807, 2.05) is 42.8 Å². The molecule has 2 heterocycles. The van der Waals surface area contributed by atoms with E-state index in [0.29, 0.717) is 29.8 Å². The van der Waals surface area contributed by atoms with Crippen LogP contribution < -0.4 is 10.1 Å². The Labute approximate surface area is 174 Å². The normalized spacial score (nSPS) is 10.8. The quantitative estimate of drug-likeness (QED) is 0.568. The number of aryl methyl sites for hydroxylation is 1. The SMILES string of the molecule is COCCOc1ncccc1NC(=O)Cc1c(C)nn(-c2ccc(Cl)cc2)c1C. The zero-order valence-corrected chi connectivity index (χ0v) is 17.4. The Morgan fingerprint density at radius 2 is 1.93 bits per heavy atom. The van der Waals surface area contributed by atoms with Crippen LogP contribution in [0.1, 0.15) is 17.0 Å². The van der Waals surface area contributed by atoms with E-state index in [1.165, 1.54) is 0 Å². The van der Waals surface area contributed by atoms with Gasteiger partial charge in [-0.05, 0) is 50.2 Å². The highest BCUT2D eigenvalue weighted by Gasteiger charge is 2.17. The van der Waals surface area contributed by atoms with Crippen molar-refractivity contribution in [2.75, 3.05) is 25.6 Å². The first-order chi connectivity index (χ1) is 14.0. The molecule has 3 aromatic rings. The maximum absolute atomic E-state index is 12.7. The Kier molecular flexibility index (Phi) is 6.85. The number of hydrogen-bond donors (Lipinski definition) is 1. The Hall–Kier alpha value is -2.90. The topological polar surface area (TPSA) is 78.3 Å². The summed E-state index contributed by atoms with van der Waals surface area (Å²) in [6, 6.07) is 10.9. The van der Waals surface area contributed by atoms with Crippen molar-refractivity contribution in [2.45, 2.75) is 20.3 Å². The predicted molar refractivity (Wildman–Crippen MR) is 112 cm³/mol. The van der Waals surface area contributed by atoms with Gasteiger partial charge in [0.1, 0.15) is 12.3 Å². The molecule has 0 bridgehead atoms. The minimum Gasteiger partial charge on any atom is -0.474 e. The van der Waals surface area contributed by atoms with Gasteiger partial charge in [-0.25, -0.2) is 9.67 Å². The number of ether oxygens (including phenoxy) is 2. The summed E-state index contributed by atoms with van der Waals surface area (Å²) >= 11 is 5.97. The van der Waals surface area contributed by atoms with Crippen LogP contribution in [0.4, 0.5) is 5.69 Å². The van der Waals surface area contributed by atoms with Gasteiger partial charge in [-0.2, -0.15) is 5.10 Å². The lowest BCUT2D eigenvalue weighted by atomic mass is 10.1. The summed E-state index contributed by atoms with van der Waals surface area (Å²) < 4.78 is 12.4. The van der Waals surface area contributed by atoms with Gasteiger partial charge >= 0.3 is 0 Å². The standard InChI is InChI=1S/C21H23ClN4O3/c1-14-18(15(2)26(25-14)17-8-6-16(22)7-9-17)13-20(27)24-19-5-4-10-23-21(19)29-12-11-28-3/h4-10H,11-13H2,1-3H3,(H,24,27). The molecule has 29 heavy (non-hydrogen) atoms. The van der Waals surface area contributed by atoms with E-state index in [9.17, 15) is 4.79 Å². The summed E-state index contributed by atoms with van der Waals surface area (Å²) in [5.74, 6) is 0.194. The number of halogens is 1. The average molecular weight is 415 g/mol. The van der Waals surface area contributed by atoms with Crippen molar-refractivity contribution >= 4 is 23.2 Å². The van der Waals surface area contributed by atoms with Crippen molar-refractivity contribution in [1.29, 1.82) is 0 Å². The van der Waals surface area contributed by atoms with E-state index in [2.05, 4.69) is 15.4 Å². The van der Waals surface area contributed by atoms with Gasteiger partial charge in [-0.3, -0.25) is 4.79 Å². The molecule has 0 aliphatic heterocycles. The highest BCUT2D eigenvalue weighted by Crippen LogP contribution is 2.23. The number of amides is 1. The summed E-state index contributed by atoms with van der Waals surface area (Å²) in [7, 11) is 1.60. The number of nitrogens with zero attached hydrogens (tertiary/aromatic N) is 3.